The van der Waals surface area contributed by atoms with Gasteiger partial charge in [-0.15, -0.1) is 0 Å². The highest BCUT2D eigenvalue weighted by atomic mass is 19.4. The number of phenols is 1. The Kier molecular flexibility index (Phi) is 7.77. The molecule has 1 N–H and O–H groups in total. The zero-order valence-corrected chi connectivity index (χ0v) is 20.6. The molecule has 2 heterocycles. The largest absolute Gasteiger partial charge is 0.507 e. The van der Waals surface area contributed by atoms with Crippen LogP contribution in [0.15, 0.2) is 45.6 Å². The summed E-state index contributed by atoms with van der Waals surface area (Å²) in [7, 11) is 0. The zero-order valence-electron chi connectivity index (χ0n) is 20.6. The molecule has 1 aliphatic heterocycles. The molecule has 1 atom stereocenters. The number of hydrogen-bond acceptors (Lipinski definition) is 7. The molecule has 7 nitrogen and oxygen atoms in total. The molecule has 0 radical (unpaired) electrons. The Morgan fingerprint density at radius 2 is 1.92 bits per heavy atom. The van der Waals surface area contributed by atoms with Gasteiger partial charge in [0.2, 0.25) is 11.2 Å². The number of nitrogens with zero attached hydrogens (tertiary/aromatic N) is 1. The van der Waals surface area contributed by atoms with Crippen molar-refractivity contribution < 1.29 is 37.0 Å². The van der Waals surface area contributed by atoms with Gasteiger partial charge in [-0.2, -0.15) is 13.2 Å². The summed E-state index contributed by atoms with van der Waals surface area (Å²) >= 11 is 0. The minimum atomic E-state index is -5.05. The average molecular weight is 520 g/mol. The van der Waals surface area contributed by atoms with E-state index in [0.717, 1.165) is 25.9 Å². The number of phenolic OH excluding ortho intramolecular Hbond substituents is 1. The Hall–Kier alpha value is -3.53. The fourth-order valence-corrected chi connectivity index (χ4v) is 4.43. The van der Waals surface area contributed by atoms with Crippen molar-refractivity contribution in [3.8, 4) is 17.2 Å². The van der Waals surface area contributed by atoms with Crippen LogP contribution in [0.2, 0.25) is 0 Å². The third-order valence-electron chi connectivity index (χ3n) is 6.22. The molecule has 0 spiro atoms. The molecule has 10 heteroatoms. The first-order chi connectivity index (χ1) is 17.6. The quantitative estimate of drug-likeness (QED) is 0.377. The second kappa shape index (κ2) is 10.8. The van der Waals surface area contributed by atoms with Gasteiger partial charge in [0.1, 0.15) is 17.1 Å². The van der Waals surface area contributed by atoms with Crippen LogP contribution >= 0.6 is 0 Å². The van der Waals surface area contributed by atoms with Gasteiger partial charge < -0.3 is 19.0 Å². The lowest BCUT2D eigenvalue weighted by Gasteiger charge is -2.31. The summed E-state index contributed by atoms with van der Waals surface area (Å²) < 4.78 is 57.8. The fraction of sp³-hybridized carbons (Fsp3) is 0.407. The van der Waals surface area contributed by atoms with E-state index >= 15 is 0 Å². The molecule has 1 aliphatic rings. The van der Waals surface area contributed by atoms with Crippen molar-refractivity contribution in [3.63, 3.8) is 0 Å². The number of carbonyl (C=O) groups is 1. The number of fused-ring (bicyclic) bond motifs is 1. The van der Waals surface area contributed by atoms with Crippen molar-refractivity contribution in [2.24, 2.45) is 5.92 Å². The van der Waals surface area contributed by atoms with Gasteiger partial charge >= 0.3 is 12.1 Å². The molecule has 4 rings (SSSR count). The summed E-state index contributed by atoms with van der Waals surface area (Å²) in [5, 5.41) is 10.3. The Morgan fingerprint density at radius 1 is 1.19 bits per heavy atom. The van der Waals surface area contributed by atoms with E-state index in [9.17, 15) is 27.9 Å². The number of alkyl halides is 3. The van der Waals surface area contributed by atoms with Crippen LogP contribution in [0.25, 0.3) is 11.0 Å². The minimum absolute atomic E-state index is 0.0921. The molecule has 0 saturated carbocycles. The first-order valence-corrected chi connectivity index (χ1v) is 12.1. The van der Waals surface area contributed by atoms with Gasteiger partial charge in [-0.1, -0.05) is 13.8 Å². The van der Waals surface area contributed by atoms with Gasteiger partial charge in [0.15, 0.2) is 0 Å². The molecule has 3 aromatic rings. The van der Waals surface area contributed by atoms with E-state index in [1.165, 1.54) is 36.4 Å². The van der Waals surface area contributed by atoms with Crippen molar-refractivity contribution in [1.29, 1.82) is 0 Å². The monoisotopic (exact) mass is 519 g/mol. The van der Waals surface area contributed by atoms with E-state index in [0.29, 0.717) is 12.3 Å². The Morgan fingerprint density at radius 3 is 2.57 bits per heavy atom. The normalized spacial score (nSPS) is 16.6. The van der Waals surface area contributed by atoms with E-state index in [4.69, 9.17) is 13.9 Å². The number of rotatable bonds is 7. The molecule has 0 amide bonds. The average Bonchev–Trinajstić information content (AvgIpc) is 2.85. The molecule has 0 aliphatic carbocycles. The third-order valence-corrected chi connectivity index (χ3v) is 6.22. The van der Waals surface area contributed by atoms with Crippen molar-refractivity contribution in [1.82, 2.24) is 4.90 Å². The number of benzene rings is 2. The maximum absolute atomic E-state index is 14.0. The van der Waals surface area contributed by atoms with Crippen LogP contribution in [0.5, 0.6) is 17.2 Å². The Labute approximate surface area is 211 Å². The fourth-order valence-electron chi connectivity index (χ4n) is 4.43. The Bertz CT molecular complexity index is 1330. The number of likely N-dealkylation sites (tertiary alicyclic amines) is 1. The number of aromatic hydroxyl groups is 1. The highest BCUT2D eigenvalue weighted by molar-refractivity contribution is 5.89. The molecule has 0 unspecified atom stereocenters. The highest BCUT2D eigenvalue weighted by Gasteiger charge is 2.41. The van der Waals surface area contributed by atoms with Gasteiger partial charge in [0.25, 0.3) is 5.76 Å². The smallest absolute Gasteiger partial charge is 0.453 e. The lowest BCUT2D eigenvalue weighted by Crippen LogP contribution is -2.33. The molecule has 1 saturated heterocycles. The van der Waals surface area contributed by atoms with Crippen molar-refractivity contribution >= 4 is 16.9 Å². The number of halogens is 3. The van der Waals surface area contributed by atoms with Crippen molar-refractivity contribution in [2.75, 3.05) is 19.7 Å². The van der Waals surface area contributed by atoms with Crippen LogP contribution in [-0.2, 0) is 17.5 Å². The number of ether oxygens (including phenoxy) is 2. The molecular weight excluding hydrogens is 491 g/mol. The van der Waals surface area contributed by atoms with Gasteiger partial charge in [0.05, 0.1) is 23.1 Å². The molecule has 198 valence electrons. The summed E-state index contributed by atoms with van der Waals surface area (Å²) in [5.74, 6) is -3.14. The number of hydrogen-bond donors (Lipinski definition) is 1. The zero-order chi connectivity index (χ0) is 26.7. The van der Waals surface area contributed by atoms with Gasteiger partial charge in [-0.3, -0.25) is 9.69 Å². The number of piperidine rings is 1. The standard InChI is InChI=1S/C27H28F3NO6/c1-3-13-35-26(34)17-6-8-18(9-7-17)36-24-22(33)19-10-11-21(32)20(15-31-12-4-5-16(2)14-31)23(19)37-25(24)27(28,29)30/h6-11,16,32H,3-5,12-15H2,1-2H3/t16-/m1/s1. The summed E-state index contributed by atoms with van der Waals surface area (Å²) in [6.45, 7) is 5.74. The molecule has 37 heavy (non-hydrogen) atoms. The van der Waals surface area contributed by atoms with Gasteiger partial charge in [0, 0.05) is 13.1 Å². The van der Waals surface area contributed by atoms with Gasteiger partial charge in [-0.05, 0) is 68.1 Å². The summed E-state index contributed by atoms with van der Waals surface area (Å²) in [4.78, 5) is 27.2. The predicted molar refractivity (Wildman–Crippen MR) is 130 cm³/mol. The lowest BCUT2D eigenvalue weighted by molar-refractivity contribution is -0.154. The van der Waals surface area contributed by atoms with Gasteiger partial charge in [-0.25, -0.2) is 4.79 Å². The lowest BCUT2D eigenvalue weighted by atomic mass is 9.99. The second-order valence-corrected chi connectivity index (χ2v) is 9.27. The topological polar surface area (TPSA) is 89.2 Å². The first-order valence-electron chi connectivity index (χ1n) is 12.1. The predicted octanol–water partition coefficient (Wildman–Crippen LogP) is 6.11. The van der Waals surface area contributed by atoms with Crippen molar-refractivity contribution in [2.45, 2.75) is 45.8 Å². The summed E-state index contributed by atoms with van der Waals surface area (Å²) in [6.07, 6.45) is -2.43. The van der Waals surface area contributed by atoms with E-state index in [1.54, 1.807) is 0 Å². The first kappa shape index (κ1) is 26.5. The van der Waals surface area contributed by atoms with E-state index in [2.05, 4.69) is 6.92 Å². The van der Waals surface area contributed by atoms with E-state index in [-0.39, 0.29) is 46.7 Å². The maximum Gasteiger partial charge on any atom is 0.453 e. The molecule has 2 aromatic carbocycles. The molecule has 1 fully saturated rings. The highest BCUT2D eigenvalue weighted by Crippen LogP contribution is 2.40. The molecule has 1 aromatic heterocycles. The number of carbonyl (C=O) groups excluding carboxylic acids is 1. The number of esters is 1. The van der Waals surface area contributed by atoms with E-state index < -0.39 is 29.1 Å². The van der Waals surface area contributed by atoms with Crippen LogP contribution < -0.4 is 10.2 Å². The van der Waals surface area contributed by atoms with Crippen molar-refractivity contribution in [3.05, 3.63) is 63.5 Å². The van der Waals surface area contributed by atoms with Crippen LogP contribution in [0, 0.1) is 5.92 Å². The second-order valence-electron chi connectivity index (χ2n) is 9.27. The Balaban J connectivity index is 1.74. The molecule has 0 bridgehead atoms. The minimum Gasteiger partial charge on any atom is -0.507 e. The van der Waals surface area contributed by atoms with E-state index in [1.807, 2.05) is 11.8 Å². The van der Waals surface area contributed by atoms with Crippen LogP contribution in [0.4, 0.5) is 13.2 Å². The SMILES string of the molecule is CCCOC(=O)c1ccc(Oc2c(C(F)(F)F)oc3c(CN4CCC[C@@H](C)C4)c(O)ccc3c2=O)cc1. The van der Waals surface area contributed by atoms with Crippen LogP contribution in [0.3, 0.4) is 0 Å². The maximum atomic E-state index is 14.0. The van der Waals surface area contributed by atoms with Crippen LogP contribution in [-0.4, -0.2) is 35.7 Å². The van der Waals surface area contributed by atoms with Crippen LogP contribution in [0.1, 0.15) is 54.8 Å². The summed E-state index contributed by atoms with van der Waals surface area (Å²) in [6, 6.07) is 7.70. The molecular formula is C27H28F3NO6. The third kappa shape index (κ3) is 5.90. The summed E-state index contributed by atoms with van der Waals surface area (Å²) in [5.41, 5.74) is -1.03.